The second-order valence-electron chi connectivity index (χ2n) is 9.42. The summed E-state index contributed by atoms with van der Waals surface area (Å²) in [5, 5.41) is 10.9. The molecule has 1 aliphatic rings. The van der Waals surface area contributed by atoms with Crippen LogP contribution in [0.3, 0.4) is 0 Å². The van der Waals surface area contributed by atoms with Gasteiger partial charge in [-0.25, -0.2) is 15.4 Å². The van der Waals surface area contributed by atoms with E-state index in [4.69, 9.17) is 14.7 Å². The van der Waals surface area contributed by atoms with Gasteiger partial charge in [-0.15, -0.1) is 11.3 Å². The Morgan fingerprint density at radius 2 is 1.89 bits per heavy atom. The molecule has 3 heterocycles. The van der Waals surface area contributed by atoms with Crippen molar-refractivity contribution >= 4 is 50.3 Å². The lowest BCUT2D eigenvalue weighted by molar-refractivity contribution is 0.413. The molecular weight excluding hydrogens is 484 g/mol. The van der Waals surface area contributed by atoms with E-state index in [1.807, 2.05) is 20.2 Å². The largest absolute Gasteiger partial charge is 0.494 e. The topological polar surface area (TPSA) is 80.8 Å². The Kier molecular flexibility index (Phi) is 7.05. The van der Waals surface area contributed by atoms with Crippen molar-refractivity contribution in [3.8, 4) is 5.75 Å². The summed E-state index contributed by atoms with van der Waals surface area (Å²) >= 11 is 1.66. The molecule has 10 heteroatoms. The third-order valence-corrected chi connectivity index (χ3v) is 7.59. The molecule has 1 unspecified atom stereocenters. The summed E-state index contributed by atoms with van der Waals surface area (Å²) in [5.74, 6) is 1.26. The van der Waals surface area contributed by atoms with Gasteiger partial charge in [-0.1, -0.05) is 18.2 Å². The van der Waals surface area contributed by atoms with Crippen molar-refractivity contribution in [3.05, 3.63) is 59.1 Å². The Balaban J connectivity index is 1.52. The van der Waals surface area contributed by atoms with Crippen molar-refractivity contribution in [2.24, 2.45) is 0 Å². The molecule has 3 N–H and O–H groups in total. The average Bonchev–Trinajstić information content (AvgIpc) is 3.51. The summed E-state index contributed by atoms with van der Waals surface area (Å²) in [6.45, 7) is 1.84. The van der Waals surface area contributed by atoms with Gasteiger partial charge < -0.3 is 30.2 Å². The molecular formula is C27H34N8OS. The highest BCUT2D eigenvalue weighted by atomic mass is 32.1. The zero-order valence-electron chi connectivity index (χ0n) is 22.2. The molecule has 0 saturated heterocycles. The Hall–Kier alpha value is -3.60. The smallest absolute Gasteiger partial charge is 0.228 e. The number of ether oxygens (including phenoxy) is 1. The van der Waals surface area contributed by atoms with Crippen LogP contribution in [-0.4, -0.2) is 70.3 Å². The summed E-state index contributed by atoms with van der Waals surface area (Å²) in [6.07, 6.45) is 0. The van der Waals surface area contributed by atoms with Crippen molar-refractivity contribution < 1.29 is 4.74 Å². The van der Waals surface area contributed by atoms with E-state index in [0.717, 1.165) is 57.5 Å². The van der Waals surface area contributed by atoms with Gasteiger partial charge in [0, 0.05) is 45.9 Å². The number of aromatic nitrogens is 2. The number of hydrogen-bond donors (Lipinski definition) is 3. The average molecular weight is 519 g/mol. The number of benzene rings is 2. The standard InChI is InChI=1S/C27H34N8OS/c1-28-19-15-20(23(36-6)16-22(19)34(4)13-12-33(2)3)30-27-29-18-11-14-37-26(18)25(31-27)24-17-9-7-8-10-21(17)35(5)32-24/h7-11,14-16,24,28,32H,12-13H2,1-6H3,(H,29,30,31). The SMILES string of the molecule is CNc1cc(Nc2nc(C3NN(C)c4ccccc43)c3sccc3n2)c(OC)cc1N(C)CCN(C)C. The highest BCUT2D eigenvalue weighted by Crippen LogP contribution is 2.41. The second kappa shape index (κ2) is 10.4. The first-order valence-corrected chi connectivity index (χ1v) is 13.1. The minimum absolute atomic E-state index is 0.0617. The Labute approximate surface area is 222 Å². The second-order valence-corrected chi connectivity index (χ2v) is 10.3. The van der Waals surface area contributed by atoms with Crippen LogP contribution in [-0.2, 0) is 0 Å². The quantitative estimate of drug-likeness (QED) is 0.296. The molecule has 0 bridgehead atoms. The fourth-order valence-corrected chi connectivity index (χ4v) is 5.51. The Morgan fingerprint density at radius 1 is 1.08 bits per heavy atom. The number of nitrogens with one attached hydrogen (secondary N) is 3. The molecule has 2 aromatic carbocycles. The van der Waals surface area contributed by atoms with Gasteiger partial charge in [-0.3, -0.25) is 0 Å². The van der Waals surface area contributed by atoms with Crippen LogP contribution in [0.5, 0.6) is 5.75 Å². The number of fused-ring (bicyclic) bond motifs is 2. The molecule has 37 heavy (non-hydrogen) atoms. The highest BCUT2D eigenvalue weighted by Gasteiger charge is 2.30. The molecule has 1 atom stereocenters. The highest BCUT2D eigenvalue weighted by molar-refractivity contribution is 7.17. The number of hydrogen-bond acceptors (Lipinski definition) is 10. The maximum Gasteiger partial charge on any atom is 0.228 e. The van der Waals surface area contributed by atoms with Crippen molar-refractivity contribution in [3.63, 3.8) is 0 Å². The number of methoxy groups -OCH3 is 1. The van der Waals surface area contributed by atoms with E-state index in [9.17, 15) is 0 Å². The fourth-order valence-electron chi connectivity index (χ4n) is 4.66. The van der Waals surface area contributed by atoms with Gasteiger partial charge in [-0.2, -0.15) is 0 Å². The van der Waals surface area contributed by atoms with Crippen LogP contribution in [0.4, 0.5) is 28.7 Å². The van der Waals surface area contributed by atoms with E-state index in [2.05, 4.69) is 93.8 Å². The molecule has 4 aromatic rings. The summed E-state index contributed by atoms with van der Waals surface area (Å²) in [5.41, 5.74) is 10.6. The number of rotatable bonds is 9. The van der Waals surface area contributed by atoms with E-state index in [-0.39, 0.29) is 6.04 Å². The lowest BCUT2D eigenvalue weighted by atomic mass is 10.0. The van der Waals surface area contributed by atoms with Crippen LogP contribution < -0.4 is 30.7 Å². The van der Waals surface area contributed by atoms with Gasteiger partial charge in [0.1, 0.15) is 5.75 Å². The zero-order chi connectivity index (χ0) is 26.1. The van der Waals surface area contributed by atoms with Gasteiger partial charge in [-0.05, 0) is 37.7 Å². The first-order chi connectivity index (χ1) is 17.9. The van der Waals surface area contributed by atoms with Crippen LogP contribution in [0, 0.1) is 0 Å². The number of anilines is 5. The molecule has 0 fully saturated rings. The maximum atomic E-state index is 5.80. The van der Waals surface area contributed by atoms with Crippen LogP contribution in [0.1, 0.15) is 17.3 Å². The lowest BCUT2D eigenvalue weighted by Gasteiger charge is -2.25. The van der Waals surface area contributed by atoms with Crippen molar-refractivity contribution in [2.75, 3.05) is 76.0 Å². The van der Waals surface area contributed by atoms with Crippen molar-refractivity contribution in [1.29, 1.82) is 0 Å². The molecule has 2 aromatic heterocycles. The summed E-state index contributed by atoms with van der Waals surface area (Å²) in [4.78, 5) is 14.3. The van der Waals surface area contributed by atoms with Gasteiger partial charge in [0.2, 0.25) is 5.95 Å². The number of likely N-dealkylation sites (N-methyl/N-ethyl adjacent to an activating group) is 2. The third-order valence-electron chi connectivity index (χ3n) is 6.66. The number of para-hydroxylation sites is 1. The van der Waals surface area contributed by atoms with Crippen LogP contribution in [0.15, 0.2) is 47.8 Å². The van der Waals surface area contributed by atoms with Gasteiger partial charge in [0.05, 0.1) is 51.8 Å². The molecule has 9 nitrogen and oxygen atoms in total. The lowest BCUT2D eigenvalue weighted by Crippen LogP contribution is -2.31. The van der Waals surface area contributed by atoms with E-state index in [1.165, 1.54) is 5.56 Å². The van der Waals surface area contributed by atoms with E-state index in [1.54, 1.807) is 18.4 Å². The molecule has 1 aliphatic heterocycles. The zero-order valence-corrected chi connectivity index (χ0v) is 23.0. The Morgan fingerprint density at radius 3 is 2.65 bits per heavy atom. The molecule has 194 valence electrons. The van der Waals surface area contributed by atoms with Crippen molar-refractivity contribution in [2.45, 2.75) is 6.04 Å². The minimum Gasteiger partial charge on any atom is -0.494 e. The fraction of sp³-hybridized carbons (Fsp3) is 0.333. The van der Waals surface area contributed by atoms with Crippen molar-refractivity contribution in [1.82, 2.24) is 20.3 Å². The maximum absolute atomic E-state index is 5.80. The minimum atomic E-state index is -0.0617. The van der Waals surface area contributed by atoms with E-state index < -0.39 is 0 Å². The van der Waals surface area contributed by atoms with Gasteiger partial charge >= 0.3 is 0 Å². The normalized spacial score (nSPS) is 14.8. The molecule has 0 saturated carbocycles. The predicted octanol–water partition coefficient (Wildman–Crippen LogP) is 4.53. The first kappa shape index (κ1) is 25.1. The van der Waals surface area contributed by atoms with E-state index in [0.29, 0.717) is 5.95 Å². The Bertz CT molecular complexity index is 1400. The van der Waals surface area contributed by atoms with Crippen LogP contribution >= 0.6 is 11.3 Å². The summed E-state index contributed by atoms with van der Waals surface area (Å²) in [6, 6.07) is 14.5. The molecule has 0 radical (unpaired) electrons. The van der Waals surface area contributed by atoms with E-state index >= 15 is 0 Å². The molecule has 0 aliphatic carbocycles. The molecule has 0 amide bonds. The van der Waals surface area contributed by atoms with Gasteiger partial charge in [0.25, 0.3) is 0 Å². The number of nitrogens with zero attached hydrogens (tertiary/aromatic N) is 5. The predicted molar refractivity (Wildman–Crippen MR) is 155 cm³/mol. The third kappa shape index (κ3) is 4.87. The van der Waals surface area contributed by atoms with Crippen LogP contribution in [0.25, 0.3) is 10.2 Å². The number of thiophene rings is 1. The molecule has 5 rings (SSSR count). The summed E-state index contributed by atoms with van der Waals surface area (Å²) < 4.78 is 6.87. The first-order valence-electron chi connectivity index (χ1n) is 12.3. The van der Waals surface area contributed by atoms with Crippen LogP contribution in [0.2, 0.25) is 0 Å². The number of hydrazine groups is 1. The molecule has 0 spiro atoms. The van der Waals surface area contributed by atoms with Gasteiger partial charge in [0.15, 0.2) is 0 Å². The monoisotopic (exact) mass is 518 g/mol. The summed E-state index contributed by atoms with van der Waals surface area (Å²) in [7, 11) is 11.9.